The highest BCUT2D eigenvalue weighted by atomic mass is 32.1. The number of hydrogen-bond acceptors (Lipinski definition) is 6. The minimum Gasteiger partial charge on any atom is -0.292 e. The van der Waals surface area contributed by atoms with Crippen molar-refractivity contribution in [3.05, 3.63) is 80.7 Å². The highest BCUT2D eigenvalue weighted by Crippen LogP contribution is 2.28. The topological polar surface area (TPSA) is 96.9 Å². The first-order valence-electron chi connectivity index (χ1n) is 7.29. The summed E-state index contributed by atoms with van der Waals surface area (Å²) < 4.78 is 0. The summed E-state index contributed by atoms with van der Waals surface area (Å²) in [7, 11) is 0. The monoisotopic (exact) mass is 349 g/mol. The highest BCUT2D eigenvalue weighted by molar-refractivity contribution is 7.10. The molecular formula is C18H11N3O3S. The second-order valence-corrected chi connectivity index (χ2v) is 6.06. The summed E-state index contributed by atoms with van der Waals surface area (Å²) in [5.41, 5.74) is 1.75. The van der Waals surface area contributed by atoms with E-state index in [2.05, 4.69) is 4.98 Å². The largest absolute Gasteiger partial charge is 0.292 e. The molecule has 0 amide bonds. The summed E-state index contributed by atoms with van der Waals surface area (Å²) in [6.07, 6.45) is 0. The van der Waals surface area contributed by atoms with E-state index < -0.39 is 16.6 Å². The van der Waals surface area contributed by atoms with E-state index >= 15 is 0 Å². The van der Waals surface area contributed by atoms with Gasteiger partial charge in [-0.2, -0.15) is 5.26 Å². The molecule has 25 heavy (non-hydrogen) atoms. The summed E-state index contributed by atoms with van der Waals surface area (Å²) in [4.78, 5) is 27.1. The third kappa shape index (κ3) is 3.44. The van der Waals surface area contributed by atoms with Crippen LogP contribution in [-0.2, 0) is 0 Å². The summed E-state index contributed by atoms with van der Waals surface area (Å²) in [5.74, 6) is -1.46. The second-order valence-electron chi connectivity index (χ2n) is 5.17. The average Bonchev–Trinajstić information content (AvgIpc) is 3.13. The zero-order chi connectivity index (χ0) is 17.8. The van der Waals surface area contributed by atoms with Gasteiger partial charge < -0.3 is 0 Å². The van der Waals surface area contributed by atoms with Crippen molar-refractivity contribution in [2.24, 2.45) is 0 Å². The maximum Gasteiger partial charge on any atom is 0.269 e. The highest BCUT2D eigenvalue weighted by Gasteiger charge is 2.25. The Kier molecular flexibility index (Phi) is 4.64. The van der Waals surface area contributed by atoms with Gasteiger partial charge in [-0.1, -0.05) is 30.3 Å². The van der Waals surface area contributed by atoms with Crippen LogP contribution in [0.15, 0.2) is 60.0 Å². The second kappa shape index (κ2) is 7.03. The van der Waals surface area contributed by atoms with Crippen LogP contribution < -0.4 is 0 Å². The molecule has 3 aromatic rings. The number of nitrogens with zero attached hydrogens (tertiary/aromatic N) is 3. The molecule has 0 fully saturated rings. The number of aromatic nitrogens is 1. The van der Waals surface area contributed by atoms with Crippen LogP contribution in [0.25, 0.3) is 11.3 Å². The van der Waals surface area contributed by atoms with Crippen molar-refractivity contribution in [1.29, 1.82) is 5.26 Å². The molecule has 1 unspecified atom stereocenters. The number of carbonyl (C=O) groups is 1. The van der Waals surface area contributed by atoms with Gasteiger partial charge in [0.05, 0.1) is 16.7 Å². The number of non-ortho nitro benzene ring substituents is 1. The Morgan fingerprint density at radius 2 is 1.84 bits per heavy atom. The number of carbonyl (C=O) groups excluding carboxylic acids is 1. The minimum absolute atomic E-state index is 0.106. The Morgan fingerprint density at radius 3 is 2.44 bits per heavy atom. The molecule has 1 atom stereocenters. The van der Waals surface area contributed by atoms with E-state index in [1.54, 1.807) is 5.38 Å². The first-order valence-corrected chi connectivity index (χ1v) is 8.17. The maximum atomic E-state index is 12.6. The maximum absolute atomic E-state index is 12.6. The average molecular weight is 349 g/mol. The molecule has 0 aliphatic heterocycles. The molecule has 0 spiro atoms. The smallest absolute Gasteiger partial charge is 0.269 e. The molecule has 0 aliphatic carbocycles. The molecule has 0 radical (unpaired) electrons. The first-order chi connectivity index (χ1) is 12.1. The molecule has 0 aliphatic rings. The molecule has 0 saturated carbocycles. The van der Waals surface area contributed by atoms with Gasteiger partial charge in [0.1, 0.15) is 5.01 Å². The van der Waals surface area contributed by atoms with Crippen LogP contribution in [0, 0.1) is 21.4 Å². The standard InChI is InChI=1S/C18H11N3O3S/c19-10-15(17(22)13-6-8-14(9-7-13)21(23)24)18-20-16(11-25-18)12-4-2-1-3-5-12/h1-9,11,15H. The fourth-order valence-electron chi connectivity index (χ4n) is 2.30. The lowest BCUT2D eigenvalue weighted by molar-refractivity contribution is -0.384. The lowest BCUT2D eigenvalue weighted by Gasteiger charge is -2.05. The van der Waals surface area contributed by atoms with Crippen LogP contribution in [-0.4, -0.2) is 15.7 Å². The molecule has 0 bridgehead atoms. The van der Waals surface area contributed by atoms with Crippen LogP contribution >= 0.6 is 11.3 Å². The van der Waals surface area contributed by atoms with Crippen molar-refractivity contribution < 1.29 is 9.72 Å². The van der Waals surface area contributed by atoms with Crippen LogP contribution in [0.2, 0.25) is 0 Å². The van der Waals surface area contributed by atoms with Crippen LogP contribution in [0.5, 0.6) is 0 Å². The zero-order valence-corrected chi connectivity index (χ0v) is 13.6. The van der Waals surface area contributed by atoms with Crippen LogP contribution in [0.1, 0.15) is 21.3 Å². The van der Waals surface area contributed by atoms with Gasteiger partial charge in [0, 0.05) is 28.6 Å². The Labute approximate surface area is 147 Å². The molecule has 0 N–H and O–H groups in total. The van der Waals surface area contributed by atoms with Crippen molar-refractivity contribution in [3.8, 4) is 17.3 Å². The van der Waals surface area contributed by atoms with Crippen LogP contribution in [0.4, 0.5) is 5.69 Å². The number of nitriles is 1. The summed E-state index contributed by atoms with van der Waals surface area (Å²) >= 11 is 1.25. The molecule has 2 aromatic carbocycles. The number of hydrogen-bond donors (Lipinski definition) is 0. The molecule has 1 heterocycles. The molecule has 122 valence electrons. The molecule has 6 nitrogen and oxygen atoms in total. The first kappa shape index (κ1) is 16.5. The van der Waals surface area contributed by atoms with Gasteiger partial charge in [0.15, 0.2) is 11.7 Å². The number of thiazole rings is 1. The Bertz CT molecular complexity index is 959. The van der Waals surface area contributed by atoms with Gasteiger partial charge in [-0.15, -0.1) is 11.3 Å². The van der Waals surface area contributed by atoms with Gasteiger partial charge in [-0.3, -0.25) is 14.9 Å². The Morgan fingerprint density at radius 1 is 1.16 bits per heavy atom. The van der Waals surface area contributed by atoms with Gasteiger partial charge in [0.25, 0.3) is 5.69 Å². The van der Waals surface area contributed by atoms with Crippen molar-refractivity contribution >= 4 is 22.8 Å². The number of rotatable bonds is 5. The number of nitro groups is 1. The number of benzene rings is 2. The molecule has 3 rings (SSSR count). The van der Waals surface area contributed by atoms with Crippen molar-refractivity contribution in [2.75, 3.05) is 0 Å². The fraction of sp³-hybridized carbons (Fsp3) is 0.0556. The van der Waals surface area contributed by atoms with Gasteiger partial charge in [-0.05, 0) is 12.1 Å². The van der Waals surface area contributed by atoms with Crippen molar-refractivity contribution in [2.45, 2.75) is 5.92 Å². The Balaban J connectivity index is 1.87. The zero-order valence-electron chi connectivity index (χ0n) is 12.8. The fourth-order valence-corrected chi connectivity index (χ4v) is 3.17. The van der Waals surface area contributed by atoms with Crippen molar-refractivity contribution in [3.63, 3.8) is 0 Å². The lowest BCUT2D eigenvalue weighted by atomic mass is 9.99. The summed E-state index contributed by atoms with van der Waals surface area (Å²) in [6, 6.07) is 16.7. The predicted octanol–water partition coefficient (Wildman–Crippen LogP) is 4.21. The van der Waals surface area contributed by atoms with E-state index in [0.717, 1.165) is 5.56 Å². The number of ketones is 1. The Hall–Kier alpha value is -3.37. The van der Waals surface area contributed by atoms with Gasteiger partial charge in [-0.25, -0.2) is 4.98 Å². The van der Waals surface area contributed by atoms with E-state index in [1.165, 1.54) is 35.6 Å². The van der Waals surface area contributed by atoms with E-state index in [4.69, 9.17) is 0 Å². The summed E-state index contributed by atoms with van der Waals surface area (Å²) in [6.45, 7) is 0. The lowest BCUT2D eigenvalue weighted by Crippen LogP contribution is -2.11. The van der Waals surface area contributed by atoms with E-state index in [9.17, 15) is 20.2 Å². The number of Topliss-reactive ketones (excluding diaryl/α,β-unsaturated/α-hetero) is 1. The third-order valence-corrected chi connectivity index (χ3v) is 4.50. The van der Waals surface area contributed by atoms with Crippen LogP contribution in [0.3, 0.4) is 0 Å². The van der Waals surface area contributed by atoms with Crippen molar-refractivity contribution in [1.82, 2.24) is 4.98 Å². The minimum atomic E-state index is -1.04. The SMILES string of the molecule is N#CC(C(=O)c1ccc([N+](=O)[O-])cc1)c1nc(-c2ccccc2)cs1. The third-order valence-electron chi connectivity index (χ3n) is 3.59. The molecule has 7 heteroatoms. The van der Waals surface area contributed by atoms with Gasteiger partial charge in [0.2, 0.25) is 0 Å². The van der Waals surface area contributed by atoms with E-state index in [1.807, 2.05) is 36.4 Å². The number of nitro benzene ring substituents is 1. The quantitative estimate of drug-likeness (QED) is 0.390. The van der Waals surface area contributed by atoms with Gasteiger partial charge >= 0.3 is 0 Å². The summed E-state index contributed by atoms with van der Waals surface area (Å²) in [5, 5.41) is 22.3. The predicted molar refractivity (Wildman–Crippen MR) is 93.3 cm³/mol. The molecular weight excluding hydrogens is 338 g/mol. The van der Waals surface area contributed by atoms with E-state index in [-0.39, 0.29) is 11.3 Å². The normalized spacial score (nSPS) is 11.5. The van der Waals surface area contributed by atoms with E-state index in [0.29, 0.717) is 10.7 Å². The molecule has 0 saturated heterocycles. The molecule has 1 aromatic heterocycles.